The Balaban J connectivity index is 1.19. The van der Waals surface area contributed by atoms with Crippen LogP contribution in [0.4, 0.5) is 4.79 Å². The largest absolute Gasteiger partial charge is 0.481 e. The first-order valence-corrected chi connectivity index (χ1v) is 11.5. The molecule has 1 saturated carbocycles. The number of carboxylic acid groups (broad SMARTS) is 1. The molecule has 2 aliphatic rings. The number of fused-ring (bicyclic) bond motifs is 3. The van der Waals surface area contributed by atoms with Gasteiger partial charge in [0.15, 0.2) is 0 Å². The van der Waals surface area contributed by atoms with Gasteiger partial charge in [-0.05, 0) is 47.4 Å². The van der Waals surface area contributed by atoms with Gasteiger partial charge in [0.25, 0.3) is 0 Å². The summed E-state index contributed by atoms with van der Waals surface area (Å²) in [6, 6.07) is 16.4. The van der Waals surface area contributed by atoms with Gasteiger partial charge in [-0.1, -0.05) is 55.5 Å². The van der Waals surface area contributed by atoms with Gasteiger partial charge in [-0.15, -0.1) is 0 Å². The molecule has 7 nitrogen and oxygen atoms in total. The van der Waals surface area contributed by atoms with Crippen LogP contribution in [-0.4, -0.2) is 41.8 Å². The topological polar surface area (TPSA) is 105 Å². The van der Waals surface area contributed by atoms with Crippen LogP contribution in [0.25, 0.3) is 11.1 Å². The second kappa shape index (κ2) is 9.65. The fourth-order valence-corrected chi connectivity index (χ4v) is 4.53. The molecule has 0 aliphatic heterocycles. The zero-order chi connectivity index (χ0) is 23.4. The van der Waals surface area contributed by atoms with Crippen LogP contribution in [0.5, 0.6) is 0 Å². The summed E-state index contributed by atoms with van der Waals surface area (Å²) in [5.41, 5.74) is 4.16. The first kappa shape index (κ1) is 22.8. The van der Waals surface area contributed by atoms with Crippen molar-refractivity contribution in [2.45, 2.75) is 50.5 Å². The molecule has 7 heteroatoms. The van der Waals surface area contributed by atoms with E-state index in [4.69, 9.17) is 9.84 Å². The number of hydrogen-bond donors (Lipinski definition) is 3. The van der Waals surface area contributed by atoms with Crippen molar-refractivity contribution < 1.29 is 24.2 Å². The van der Waals surface area contributed by atoms with Crippen molar-refractivity contribution >= 4 is 18.0 Å². The fourth-order valence-electron chi connectivity index (χ4n) is 4.53. The van der Waals surface area contributed by atoms with Crippen molar-refractivity contribution in [2.75, 3.05) is 13.2 Å². The van der Waals surface area contributed by atoms with E-state index in [9.17, 15) is 14.4 Å². The van der Waals surface area contributed by atoms with Gasteiger partial charge in [-0.3, -0.25) is 9.59 Å². The van der Waals surface area contributed by atoms with E-state index in [1.807, 2.05) is 31.2 Å². The molecule has 2 amide bonds. The molecule has 2 aromatic carbocycles. The molecular formula is C26H30N2O5. The normalized spacial score (nSPS) is 16.3. The maximum Gasteiger partial charge on any atom is 0.407 e. The Kier molecular flexibility index (Phi) is 6.67. The van der Waals surface area contributed by atoms with Gasteiger partial charge < -0.3 is 20.5 Å². The highest BCUT2D eigenvalue weighted by Crippen LogP contribution is 2.44. The van der Waals surface area contributed by atoms with Crippen LogP contribution in [0.15, 0.2) is 48.5 Å². The van der Waals surface area contributed by atoms with Crippen LogP contribution in [0.1, 0.15) is 56.1 Å². The van der Waals surface area contributed by atoms with Gasteiger partial charge in [0.1, 0.15) is 6.61 Å². The smallest absolute Gasteiger partial charge is 0.407 e. The van der Waals surface area contributed by atoms with Crippen LogP contribution in [0.3, 0.4) is 0 Å². The number of carbonyl (C=O) groups excluding carboxylic acids is 2. The minimum Gasteiger partial charge on any atom is -0.481 e. The monoisotopic (exact) mass is 450 g/mol. The lowest BCUT2D eigenvalue weighted by atomic mass is 9.98. The molecule has 3 N–H and O–H groups in total. The molecule has 33 heavy (non-hydrogen) atoms. The lowest BCUT2D eigenvalue weighted by Gasteiger charge is -2.17. The average Bonchev–Trinajstić information content (AvgIpc) is 3.46. The molecule has 2 aliphatic carbocycles. The number of nitrogens with one attached hydrogen (secondary N) is 2. The summed E-state index contributed by atoms with van der Waals surface area (Å²) < 4.78 is 5.54. The molecule has 2 aromatic rings. The Morgan fingerprint density at radius 1 is 1.06 bits per heavy atom. The number of amides is 2. The van der Waals surface area contributed by atoms with E-state index in [0.717, 1.165) is 0 Å². The molecule has 4 rings (SSSR count). The third-order valence-corrected chi connectivity index (χ3v) is 6.55. The summed E-state index contributed by atoms with van der Waals surface area (Å²) in [5.74, 6) is -0.925. The van der Waals surface area contributed by atoms with E-state index >= 15 is 0 Å². The second-order valence-electron chi connectivity index (χ2n) is 9.25. The summed E-state index contributed by atoms with van der Waals surface area (Å²) in [4.78, 5) is 35.4. The lowest BCUT2D eigenvalue weighted by Crippen LogP contribution is -2.38. The van der Waals surface area contributed by atoms with Crippen molar-refractivity contribution in [3.05, 3.63) is 59.7 Å². The predicted octanol–water partition coefficient (Wildman–Crippen LogP) is 4.06. The molecule has 0 bridgehead atoms. The molecule has 0 saturated heterocycles. The standard InChI is InChI=1S/C26H30N2O5/c1-17(10-11-23(29)28-26(12-13-26)14-24(30)31)15-27-25(32)33-16-22-20-8-4-2-6-18(20)19-7-3-5-9-21(19)22/h2-9,17,22H,10-16H2,1H3,(H,27,32)(H,28,29)(H,30,31). The Bertz CT molecular complexity index is 1000. The van der Waals surface area contributed by atoms with E-state index in [1.54, 1.807) is 0 Å². The highest BCUT2D eigenvalue weighted by molar-refractivity contribution is 5.80. The highest BCUT2D eigenvalue weighted by Gasteiger charge is 2.45. The Hall–Kier alpha value is -3.35. The SMILES string of the molecule is CC(CCC(=O)NC1(CC(=O)O)CC1)CNC(=O)OCC1c2ccccc2-c2ccccc21. The molecule has 0 radical (unpaired) electrons. The van der Waals surface area contributed by atoms with E-state index in [0.29, 0.717) is 32.2 Å². The van der Waals surface area contributed by atoms with Gasteiger partial charge >= 0.3 is 12.1 Å². The van der Waals surface area contributed by atoms with Crippen molar-refractivity contribution in [2.24, 2.45) is 5.92 Å². The number of hydrogen-bond acceptors (Lipinski definition) is 4. The molecule has 0 aromatic heterocycles. The Morgan fingerprint density at radius 3 is 2.24 bits per heavy atom. The second-order valence-corrected chi connectivity index (χ2v) is 9.25. The van der Waals surface area contributed by atoms with Gasteiger partial charge in [-0.25, -0.2) is 4.79 Å². The summed E-state index contributed by atoms with van der Waals surface area (Å²) in [6.45, 7) is 2.63. The van der Waals surface area contributed by atoms with Crippen molar-refractivity contribution in [3.63, 3.8) is 0 Å². The van der Waals surface area contributed by atoms with E-state index in [1.165, 1.54) is 22.3 Å². The van der Waals surface area contributed by atoms with Crippen LogP contribution >= 0.6 is 0 Å². The lowest BCUT2D eigenvalue weighted by molar-refractivity contribution is -0.138. The van der Waals surface area contributed by atoms with Crippen LogP contribution in [0.2, 0.25) is 0 Å². The number of carboxylic acids is 1. The molecular weight excluding hydrogens is 420 g/mol. The molecule has 0 spiro atoms. The van der Waals surface area contributed by atoms with E-state index in [-0.39, 0.29) is 30.8 Å². The van der Waals surface area contributed by atoms with Crippen LogP contribution in [-0.2, 0) is 14.3 Å². The maximum atomic E-state index is 12.3. The third kappa shape index (κ3) is 5.53. The number of benzene rings is 2. The van der Waals surface area contributed by atoms with E-state index in [2.05, 4.69) is 34.9 Å². The summed E-state index contributed by atoms with van der Waals surface area (Å²) in [5, 5.41) is 14.6. The van der Waals surface area contributed by atoms with Gasteiger partial charge in [0, 0.05) is 18.9 Å². The van der Waals surface area contributed by atoms with Crippen LogP contribution < -0.4 is 10.6 Å². The molecule has 1 fully saturated rings. The van der Waals surface area contributed by atoms with Gasteiger partial charge in [0.2, 0.25) is 5.91 Å². The van der Waals surface area contributed by atoms with Crippen molar-refractivity contribution in [1.82, 2.24) is 10.6 Å². The minimum absolute atomic E-state index is 0.0183. The number of aliphatic carboxylic acids is 1. The highest BCUT2D eigenvalue weighted by atomic mass is 16.5. The molecule has 0 heterocycles. The molecule has 1 unspecified atom stereocenters. The number of ether oxygens (including phenoxy) is 1. The molecule has 1 atom stereocenters. The molecule has 174 valence electrons. The minimum atomic E-state index is -0.895. The van der Waals surface area contributed by atoms with Gasteiger partial charge in [-0.2, -0.15) is 0 Å². The summed E-state index contributed by atoms with van der Waals surface area (Å²) in [7, 11) is 0. The van der Waals surface area contributed by atoms with E-state index < -0.39 is 17.6 Å². The Morgan fingerprint density at radius 2 is 1.67 bits per heavy atom. The zero-order valence-corrected chi connectivity index (χ0v) is 18.8. The van der Waals surface area contributed by atoms with Gasteiger partial charge in [0.05, 0.1) is 12.0 Å². The van der Waals surface area contributed by atoms with Crippen molar-refractivity contribution in [1.29, 1.82) is 0 Å². The van der Waals surface area contributed by atoms with Crippen LogP contribution in [0, 0.1) is 5.92 Å². The number of rotatable bonds is 10. The maximum absolute atomic E-state index is 12.3. The summed E-state index contributed by atoms with van der Waals surface area (Å²) in [6.07, 6.45) is 1.82. The number of alkyl carbamates (subject to hydrolysis) is 1. The average molecular weight is 451 g/mol. The Labute approximate surface area is 193 Å². The fraction of sp³-hybridized carbons (Fsp3) is 0.423. The number of carbonyl (C=O) groups is 3. The summed E-state index contributed by atoms with van der Waals surface area (Å²) >= 11 is 0. The quantitative estimate of drug-likeness (QED) is 0.506. The first-order valence-electron chi connectivity index (χ1n) is 11.5. The zero-order valence-electron chi connectivity index (χ0n) is 18.8. The predicted molar refractivity (Wildman–Crippen MR) is 124 cm³/mol. The van der Waals surface area contributed by atoms with Crippen molar-refractivity contribution in [3.8, 4) is 11.1 Å². The first-order chi connectivity index (χ1) is 15.9. The third-order valence-electron chi connectivity index (χ3n) is 6.55.